The average Bonchev–Trinajstić information content (AvgIpc) is 2.68. The lowest BCUT2D eigenvalue weighted by atomic mass is 9.93. The van der Waals surface area contributed by atoms with Crippen molar-refractivity contribution in [2.24, 2.45) is 11.8 Å². The number of nitrogens with zero attached hydrogens (tertiary/aromatic N) is 2. The van der Waals surface area contributed by atoms with Crippen molar-refractivity contribution in [2.45, 2.75) is 37.5 Å². The smallest absolute Gasteiger partial charge is 0.335 e. The lowest BCUT2D eigenvalue weighted by molar-refractivity contribution is -0.138. The second-order valence-corrected chi connectivity index (χ2v) is 9.45. The maximum absolute atomic E-state index is 12.8. The summed E-state index contributed by atoms with van der Waals surface area (Å²) in [6, 6.07) is 5.24. The SMILES string of the molecule is CC1CCN(C(=O)C2CCN(S(=O)(=O)c3ccc(C(=O)O)cc3)CC2)CC1. The Kier molecular flexibility index (Phi) is 5.86. The number of rotatable bonds is 4. The summed E-state index contributed by atoms with van der Waals surface area (Å²) in [6.07, 6.45) is 3.12. The highest BCUT2D eigenvalue weighted by Gasteiger charge is 2.34. The molecular formula is C19H26N2O5S. The fraction of sp³-hybridized carbons (Fsp3) is 0.579. The van der Waals surface area contributed by atoms with Gasteiger partial charge in [0.05, 0.1) is 10.5 Å². The number of sulfonamides is 1. The van der Waals surface area contributed by atoms with E-state index in [1.54, 1.807) is 0 Å². The van der Waals surface area contributed by atoms with Crippen LogP contribution in [-0.4, -0.2) is 60.8 Å². The molecule has 2 aliphatic heterocycles. The number of aromatic carboxylic acids is 1. The summed E-state index contributed by atoms with van der Waals surface area (Å²) in [5, 5.41) is 8.93. The zero-order valence-corrected chi connectivity index (χ0v) is 16.3. The summed E-state index contributed by atoms with van der Waals surface area (Å²) >= 11 is 0. The molecule has 0 saturated carbocycles. The summed E-state index contributed by atoms with van der Waals surface area (Å²) in [4.78, 5) is 25.6. The molecule has 1 aromatic carbocycles. The van der Waals surface area contributed by atoms with Crippen LogP contribution in [0.25, 0.3) is 0 Å². The summed E-state index contributed by atoms with van der Waals surface area (Å²) in [5.74, 6) is -0.386. The minimum Gasteiger partial charge on any atom is -0.478 e. The molecule has 2 fully saturated rings. The van der Waals surface area contributed by atoms with E-state index < -0.39 is 16.0 Å². The topological polar surface area (TPSA) is 95.0 Å². The molecule has 1 amide bonds. The van der Waals surface area contributed by atoms with Crippen LogP contribution in [0.5, 0.6) is 0 Å². The number of carboxylic acid groups (broad SMARTS) is 1. The number of carboxylic acids is 1. The van der Waals surface area contributed by atoms with Crippen molar-refractivity contribution in [1.82, 2.24) is 9.21 Å². The number of hydrogen-bond acceptors (Lipinski definition) is 4. The van der Waals surface area contributed by atoms with Crippen LogP contribution >= 0.6 is 0 Å². The Balaban J connectivity index is 1.60. The van der Waals surface area contributed by atoms with E-state index in [1.807, 2.05) is 4.90 Å². The molecule has 0 unspecified atom stereocenters. The van der Waals surface area contributed by atoms with E-state index in [2.05, 4.69) is 6.92 Å². The predicted octanol–water partition coefficient (Wildman–Crippen LogP) is 2.04. The summed E-state index contributed by atoms with van der Waals surface area (Å²) in [7, 11) is -3.67. The molecule has 2 aliphatic rings. The average molecular weight is 394 g/mol. The monoisotopic (exact) mass is 394 g/mol. The maximum Gasteiger partial charge on any atom is 0.335 e. The summed E-state index contributed by atoms with van der Waals surface area (Å²) in [6.45, 7) is 4.42. The lowest BCUT2D eigenvalue weighted by Gasteiger charge is -2.36. The van der Waals surface area contributed by atoms with Gasteiger partial charge in [-0.25, -0.2) is 13.2 Å². The van der Waals surface area contributed by atoms with E-state index in [0.717, 1.165) is 25.9 Å². The third-order valence-electron chi connectivity index (χ3n) is 5.64. The molecule has 27 heavy (non-hydrogen) atoms. The number of benzene rings is 1. The highest BCUT2D eigenvalue weighted by atomic mass is 32.2. The van der Waals surface area contributed by atoms with Gasteiger partial charge in [0.2, 0.25) is 15.9 Å². The third kappa shape index (κ3) is 4.32. The van der Waals surface area contributed by atoms with E-state index in [9.17, 15) is 18.0 Å². The zero-order valence-electron chi connectivity index (χ0n) is 15.5. The number of carbonyl (C=O) groups is 2. The van der Waals surface area contributed by atoms with E-state index in [0.29, 0.717) is 31.8 Å². The maximum atomic E-state index is 12.8. The van der Waals surface area contributed by atoms with Crippen LogP contribution in [-0.2, 0) is 14.8 Å². The fourth-order valence-corrected chi connectivity index (χ4v) is 5.22. The van der Waals surface area contributed by atoms with Crippen molar-refractivity contribution < 1.29 is 23.1 Å². The van der Waals surface area contributed by atoms with Crippen molar-refractivity contribution in [3.05, 3.63) is 29.8 Å². The second kappa shape index (κ2) is 7.98. The molecule has 0 aromatic heterocycles. The lowest BCUT2D eigenvalue weighted by Crippen LogP contribution is -2.46. The first-order valence-corrected chi connectivity index (χ1v) is 10.9. The van der Waals surface area contributed by atoms with Crippen LogP contribution in [0.3, 0.4) is 0 Å². The highest BCUT2D eigenvalue weighted by molar-refractivity contribution is 7.89. The molecule has 0 radical (unpaired) electrons. The minimum atomic E-state index is -3.67. The number of hydrogen-bond donors (Lipinski definition) is 1. The first-order chi connectivity index (χ1) is 12.8. The Morgan fingerprint density at radius 3 is 2.04 bits per heavy atom. The van der Waals surface area contributed by atoms with Crippen LogP contribution in [0.4, 0.5) is 0 Å². The molecule has 8 heteroatoms. The van der Waals surface area contributed by atoms with Gasteiger partial charge in [-0.15, -0.1) is 0 Å². The van der Waals surface area contributed by atoms with E-state index in [4.69, 9.17) is 5.11 Å². The van der Waals surface area contributed by atoms with Crippen molar-refractivity contribution in [2.75, 3.05) is 26.2 Å². The molecule has 3 rings (SSSR count). The number of carbonyl (C=O) groups excluding carboxylic acids is 1. The molecule has 0 bridgehead atoms. The number of amides is 1. The van der Waals surface area contributed by atoms with Crippen LogP contribution in [0.2, 0.25) is 0 Å². The largest absolute Gasteiger partial charge is 0.478 e. The van der Waals surface area contributed by atoms with Gasteiger partial charge in [-0.3, -0.25) is 4.79 Å². The molecular weight excluding hydrogens is 368 g/mol. The quantitative estimate of drug-likeness (QED) is 0.843. The molecule has 1 aromatic rings. The number of likely N-dealkylation sites (tertiary alicyclic amines) is 1. The van der Waals surface area contributed by atoms with E-state index in [-0.39, 0.29) is 22.3 Å². The fourth-order valence-electron chi connectivity index (χ4n) is 3.75. The van der Waals surface area contributed by atoms with E-state index >= 15 is 0 Å². The van der Waals surface area contributed by atoms with Gasteiger partial charge in [0, 0.05) is 32.1 Å². The Bertz CT molecular complexity index is 790. The van der Waals surface area contributed by atoms with Crippen LogP contribution in [0.15, 0.2) is 29.2 Å². The van der Waals surface area contributed by atoms with E-state index in [1.165, 1.54) is 28.6 Å². The van der Waals surface area contributed by atoms with Crippen molar-refractivity contribution in [3.63, 3.8) is 0 Å². The van der Waals surface area contributed by atoms with Crippen molar-refractivity contribution in [1.29, 1.82) is 0 Å². The standard InChI is InChI=1S/C19H26N2O5S/c1-14-6-10-20(11-7-14)18(22)15-8-12-21(13-9-15)27(25,26)17-4-2-16(3-5-17)19(23)24/h2-5,14-15H,6-13H2,1H3,(H,23,24). The molecule has 1 N–H and O–H groups in total. The molecule has 7 nitrogen and oxygen atoms in total. The minimum absolute atomic E-state index is 0.0501. The Labute approximate surface area is 160 Å². The van der Waals surface area contributed by atoms with Gasteiger partial charge < -0.3 is 10.0 Å². The Morgan fingerprint density at radius 2 is 1.52 bits per heavy atom. The summed E-state index contributed by atoms with van der Waals surface area (Å²) in [5.41, 5.74) is 0.0501. The normalized spacial score (nSPS) is 20.6. The van der Waals surface area contributed by atoms with Crippen LogP contribution in [0.1, 0.15) is 43.0 Å². The van der Waals surface area contributed by atoms with Crippen molar-refractivity contribution >= 4 is 21.9 Å². The Hall–Kier alpha value is -1.93. The summed E-state index contributed by atoms with van der Waals surface area (Å²) < 4.78 is 26.9. The van der Waals surface area contributed by atoms with Gasteiger partial charge in [0.25, 0.3) is 0 Å². The first-order valence-electron chi connectivity index (χ1n) is 9.41. The molecule has 2 saturated heterocycles. The first kappa shape index (κ1) is 19.8. The third-order valence-corrected chi connectivity index (χ3v) is 7.55. The second-order valence-electron chi connectivity index (χ2n) is 7.52. The molecule has 148 valence electrons. The zero-order chi connectivity index (χ0) is 19.6. The molecule has 0 aliphatic carbocycles. The van der Waals surface area contributed by atoms with Gasteiger partial charge in [-0.1, -0.05) is 6.92 Å². The molecule has 0 atom stereocenters. The van der Waals surface area contributed by atoms with Crippen LogP contribution in [0, 0.1) is 11.8 Å². The van der Waals surface area contributed by atoms with Gasteiger partial charge >= 0.3 is 5.97 Å². The van der Waals surface area contributed by atoms with Gasteiger partial charge in [-0.05, 0) is 55.9 Å². The van der Waals surface area contributed by atoms with Gasteiger partial charge in [-0.2, -0.15) is 4.31 Å². The van der Waals surface area contributed by atoms with Gasteiger partial charge in [0.15, 0.2) is 0 Å². The predicted molar refractivity (Wildman–Crippen MR) is 99.9 cm³/mol. The number of piperidine rings is 2. The van der Waals surface area contributed by atoms with Gasteiger partial charge in [0.1, 0.15) is 0 Å². The molecule has 0 spiro atoms. The van der Waals surface area contributed by atoms with Crippen LogP contribution < -0.4 is 0 Å². The highest BCUT2D eigenvalue weighted by Crippen LogP contribution is 2.27. The Morgan fingerprint density at radius 1 is 0.963 bits per heavy atom. The molecule has 2 heterocycles. The van der Waals surface area contributed by atoms with Crippen molar-refractivity contribution in [3.8, 4) is 0 Å².